The first kappa shape index (κ1) is 21.1. The van der Waals surface area contributed by atoms with Gasteiger partial charge in [0.15, 0.2) is 11.2 Å². The predicted molar refractivity (Wildman–Crippen MR) is 118 cm³/mol. The van der Waals surface area contributed by atoms with E-state index in [2.05, 4.69) is 10.1 Å². The van der Waals surface area contributed by atoms with Gasteiger partial charge in [-0.1, -0.05) is 29.8 Å². The van der Waals surface area contributed by atoms with Crippen molar-refractivity contribution in [1.82, 2.24) is 28.5 Å². The Hall–Kier alpha value is -3.17. The lowest BCUT2D eigenvalue weighted by atomic mass is 10.2. The Kier molecular flexibility index (Phi) is 5.55. The molecule has 31 heavy (non-hydrogen) atoms. The van der Waals surface area contributed by atoms with Crippen LogP contribution in [0.15, 0.2) is 39.9 Å². The van der Waals surface area contributed by atoms with Crippen LogP contribution in [0.4, 0.5) is 0 Å². The third-order valence-corrected chi connectivity index (χ3v) is 5.59. The summed E-state index contributed by atoms with van der Waals surface area (Å²) in [5, 5.41) is 5.12. The molecule has 0 saturated carbocycles. The summed E-state index contributed by atoms with van der Waals surface area (Å²) in [6.45, 7) is 4.47. The van der Waals surface area contributed by atoms with E-state index in [1.165, 1.54) is 16.2 Å². The maximum atomic E-state index is 13.4. The number of hydrogen-bond acceptors (Lipinski definition) is 5. The fourth-order valence-corrected chi connectivity index (χ4v) is 3.88. The molecular weight excluding hydrogens is 420 g/mol. The van der Waals surface area contributed by atoms with Crippen LogP contribution in [0, 0.1) is 13.8 Å². The van der Waals surface area contributed by atoms with Crippen LogP contribution >= 0.6 is 11.6 Å². The number of aryl methyl sites for hydroxylation is 3. The van der Waals surface area contributed by atoms with Crippen LogP contribution in [0.2, 0.25) is 5.02 Å². The minimum Gasteiger partial charge on any atom is -0.383 e. The Morgan fingerprint density at radius 1 is 1.13 bits per heavy atom. The molecule has 4 aromatic rings. The molecule has 3 heterocycles. The molecule has 0 bridgehead atoms. The Morgan fingerprint density at radius 3 is 2.52 bits per heavy atom. The van der Waals surface area contributed by atoms with Crippen molar-refractivity contribution >= 4 is 22.8 Å². The highest BCUT2D eigenvalue weighted by molar-refractivity contribution is 6.31. The number of fused-ring (bicyclic) bond motifs is 1. The second-order valence-corrected chi connectivity index (χ2v) is 7.80. The summed E-state index contributed by atoms with van der Waals surface area (Å²) in [7, 11) is 3.13. The van der Waals surface area contributed by atoms with Crippen LogP contribution in [0.25, 0.3) is 17.1 Å². The minimum atomic E-state index is -0.447. The molecule has 0 atom stereocenters. The van der Waals surface area contributed by atoms with Gasteiger partial charge in [0.05, 0.1) is 25.4 Å². The first-order chi connectivity index (χ1) is 14.8. The van der Waals surface area contributed by atoms with E-state index in [0.29, 0.717) is 28.7 Å². The van der Waals surface area contributed by atoms with Crippen LogP contribution in [0.3, 0.4) is 0 Å². The summed E-state index contributed by atoms with van der Waals surface area (Å²) in [6.07, 6.45) is 0. The Labute approximate surface area is 183 Å². The first-order valence-electron chi connectivity index (χ1n) is 9.79. The summed E-state index contributed by atoms with van der Waals surface area (Å²) in [6, 6.07) is 9.35. The van der Waals surface area contributed by atoms with Gasteiger partial charge in [-0.15, -0.1) is 0 Å². The third-order valence-electron chi connectivity index (χ3n) is 5.22. The van der Waals surface area contributed by atoms with E-state index in [9.17, 15) is 9.59 Å². The Balaban J connectivity index is 2.07. The average Bonchev–Trinajstić information content (AvgIpc) is 3.27. The molecule has 1 aromatic carbocycles. The largest absolute Gasteiger partial charge is 0.383 e. The molecule has 10 heteroatoms. The van der Waals surface area contributed by atoms with Crippen molar-refractivity contribution in [2.24, 2.45) is 7.05 Å². The summed E-state index contributed by atoms with van der Waals surface area (Å²) in [4.78, 5) is 30.9. The fourth-order valence-electron chi connectivity index (χ4n) is 3.68. The standard InChI is InChI=1S/C21H23ClN6O3/c1-13-11-14(2)28(24-13)20-23-18-17(27(20)12-15-7-5-6-8-16(15)22)19(29)26(9-10-31-4)21(30)25(18)3/h5-8,11H,9-10,12H2,1-4H3. The van der Waals surface area contributed by atoms with Crippen molar-refractivity contribution in [3.63, 3.8) is 0 Å². The van der Waals surface area contributed by atoms with E-state index in [-0.39, 0.29) is 13.2 Å². The molecule has 0 aliphatic rings. The molecule has 0 N–H and O–H groups in total. The van der Waals surface area contributed by atoms with Crippen LogP contribution in [0.1, 0.15) is 17.0 Å². The maximum absolute atomic E-state index is 13.4. The van der Waals surface area contributed by atoms with E-state index in [0.717, 1.165) is 17.0 Å². The van der Waals surface area contributed by atoms with Crippen molar-refractivity contribution in [3.8, 4) is 5.95 Å². The second-order valence-electron chi connectivity index (χ2n) is 7.39. The highest BCUT2D eigenvalue weighted by Crippen LogP contribution is 2.22. The number of benzene rings is 1. The van der Waals surface area contributed by atoms with E-state index in [1.54, 1.807) is 22.4 Å². The highest BCUT2D eigenvalue weighted by atomic mass is 35.5. The number of imidazole rings is 1. The van der Waals surface area contributed by atoms with E-state index in [1.807, 2.05) is 38.1 Å². The monoisotopic (exact) mass is 442 g/mol. The van der Waals surface area contributed by atoms with Gasteiger partial charge in [0, 0.05) is 24.9 Å². The van der Waals surface area contributed by atoms with Crippen molar-refractivity contribution in [1.29, 1.82) is 0 Å². The van der Waals surface area contributed by atoms with E-state index >= 15 is 0 Å². The van der Waals surface area contributed by atoms with Crippen molar-refractivity contribution in [3.05, 3.63) is 73.1 Å². The molecule has 0 unspecified atom stereocenters. The van der Waals surface area contributed by atoms with Crippen molar-refractivity contribution in [2.45, 2.75) is 26.9 Å². The first-order valence-corrected chi connectivity index (χ1v) is 10.2. The van der Waals surface area contributed by atoms with E-state index < -0.39 is 11.2 Å². The number of aromatic nitrogens is 6. The minimum absolute atomic E-state index is 0.143. The van der Waals surface area contributed by atoms with Crippen molar-refractivity contribution < 1.29 is 4.74 Å². The topological polar surface area (TPSA) is 88.9 Å². The maximum Gasteiger partial charge on any atom is 0.332 e. The van der Waals surface area contributed by atoms with Gasteiger partial charge in [-0.05, 0) is 31.5 Å². The molecule has 0 aliphatic heterocycles. The molecule has 0 radical (unpaired) electrons. The normalized spacial score (nSPS) is 11.5. The summed E-state index contributed by atoms with van der Waals surface area (Å²) < 4.78 is 11.1. The fraction of sp³-hybridized carbons (Fsp3) is 0.333. The van der Waals surface area contributed by atoms with Gasteiger partial charge >= 0.3 is 5.69 Å². The number of nitrogens with zero attached hydrogens (tertiary/aromatic N) is 6. The van der Waals surface area contributed by atoms with Crippen LogP contribution in [-0.4, -0.2) is 42.2 Å². The van der Waals surface area contributed by atoms with Crippen molar-refractivity contribution in [2.75, 3.05) is 13.7 Å². The molecule has 4 rings (SSSR count). The van der Waals surface area contributed by atoms with Gasteiger partial charge in [0.2, 0.25) is 5.95 Å². The number of halogens is 1. The summed E-state index contributed by atoms with van der Waals surface area (Å²) in [5.41, 5.74) is 2.22. The van der Waals surface area contributed by atoms with Gasteiger partial charge in [-0.25, -0.2) is 9.48 Å². The SMILES string of the molecule is COCCn1c(=O)c2c(nc(-n3nc(C)cc3C)n2Cc2ccccc2Cl)n(C)c1=O. The lowest BCUT2D eigenvalue weighted by Crippen LogP contribution is -2.40. The molecular formula is C21H23ClN6O3. The number of hydrogen-bond donors (Lipinski definition) is 0. The van der Waals surface area contributed by atoms with Gasteiger partial charge < -0.3 is 4.74 Å². The number of rotatable bonds is 6. The average molecular weight is 443 g/mol. The smallest absolute Gasteiger partial charge is 0.332 e. The molecule has 0 saturated heterocycles. The summed E-state index contributed by atoms with van der Waals surface area (Å²) >= 11 is 6.41. The molecule has 0 amide bonds. The summed E-state index contributed by atoms with van der Waals surface area (Å²) in [5.74, 6) is 0.442. The molecule has 0 fully saturated rings. The van der Waals surface area contributed by atoms with Crippen LogP contribution in [0.5, 0.6) is 0 Å². The molecule has 162 valence electrons. The zero-order chi connectivity index (χ0) is 22.3. The predicted octanol–water partition coefficient (Wildman–Crippen LogP) is 2.05. The quantitative estimate of drug-likeness (QED) is 0.456. The highest BCUT2D eigenvalue weighted by Gasteiger charge is 2.23. The van der Waals surface area contributed by atoms with Gasteiger partial charge in [-0.3, -0.25) is 18.5 Å². The molecule has 9 nitrogen and oxygen atoms in total. The number of methoxy groups -OCH3 is 1. The van der Waals surface area contributed by atoms with E-state index in [4.69, 9.17) is 16.3 Å². The Bertz CT molecular complexity index is 1390. The second kappa shape index (κ2) is 8.16. The zero-order valence-electron chi connectivity index (χ0n) is 17.8. The molecule has 0 aliphatic carbocycles. The molecule has 0 spiro atoms. The van der Waals surface area contributed by atoms with Gasteiger partial charge in [0.25, 0.3) is 5.56 Å². The van der Waals surface area contributed by atoms with Crippen LogP contribution < -0.4 is 11.2 Å². The lowest BCUT2D eigenvalue weighted by Gasteiger charge is -2.12. The zero-order valence-corrected chi connectivity index (χ0v) is 18.5. The Morgan fingerprint density at radius 2 is 1.87 bits per heavy atom. The molecule has 3 aromatic heterocycles. The van der Waals surface area contributed by atoms with Gasteiger partial charge in [-0.2, -0.15) is 10.1 Å². The number of ether oxygens (including phenoxy) is 1. The van der Waals surface area contributed by atoms with Crippen LogP contribution in [-0.2, 0) is 24.9 Å². The third kappa shape index (κ3) is 3.60. The van der Waals surface area contributed by atoms with Gasteiger partial charge in [0.1, 0.15) is 0 Å². The lowest BCUT2D eigenvalue weighted by molar-refractivity contribution is 0.184.